The van der Waals surface area contributed by atoms with E-state index < -0.39 is 0 Å². The zero-order valence-corrected chi connectivity index (χ0v) is 15.2. The minimum atomic E-state index is -0.246. The predicted molar refractivity (Wildman–Crippen MR) is 103 cm³/mol. The number of amides is 1. The average Bonchev–Trinajstić information content (AvgIpc) is 2.67. The van der Waals surface area contributed by atoms with E-state index in [9.17, 15) is 9.59 Å². The molecule has 0 fully saturated rings. The summed E-state index contributed by atoms with van der Waals surface area (Å²) in [6, 6.07) is 12.1. The minimum absolute atomic E-state index is 0.101. The number of fused-ring (bicyclic) bond motifs is 2. The Bertz CT molecular complexity index is 1090. The van der Waals surface area contributed by atoms with Gasteiger partial charge in [-0.2, -0.15) is 0 Å². The van der Waals surface area contributed by atoms with Gasteiger partial charge in [0.15, 0.2) is 16.9 Å². The van der Waals surface area contributed by atoms with Gasteiger partial charge in [0.1, 0.15) is 13.2 Å². The van der Waals surface area contributed by atoms with Crippen molar-refractivity contribution in [3.8, 4) is 11.5 Å². The summed E-state index contributed by atoms with van der Waals surface area (Å²) in [6.07, 6.45) is 0. The lowest BCUT2D eigenvalue weighted by Gasteiger charge is -2.21. The molecule has 0 radical (unpaired) electrons. The molecule has 27 heavy (non-hydrogen) atoms. The van der Waals surface area contributed by atoms with Crippen molar-refractivity contribution in [2.24, 2.45) is 0 Å². The molecule has 2 N–H and O–H groups in total. The van der Waals surface area contributed by atoms with Gasteiger partial charge in [-0.25, -0.2) is 0 Å². The molecule has 2 heterocycles. The molecule has 6 nitrogen and oxygen atoms in total. The fraction of sp³-hybridized carbons (Fsp3) is 0.238. The highest BCUT2D eigenvalue weighted by atomic mass is 16.6. The zero-order valence-electron chi connectivity index (χ0n) is 15.2. The minimum Gasteiger partial charge on any atom is -0.486 e. The molecule has 0 spiro atoms. The number of carbonyl (C=O) groups excluding carboxylic acids is 1. The maximum absolute atomic E-state index is 12.9. The van der Waals surface area contributed by atoms with Gasteiger partial charge in [-0.3, -0.25) is 9.59 Å². The Morgan fingerprint density at radius 3 is 2.70 bits per heavy atom. The number of aromatic amines is 1. The molecule has 1 atom stereocenters. The number of ether oxygens (including phenoxy) is 2. The van der Waals surface area contributed by atoms with E-state index in [4.69, 9.17) is 9.47 Å². The van der Waals surface area contributed by atoms with Crippen LogP contribution in [0.15, 0.2) is 47.3 Å². The fourth-order valence-electron chi connectivity index (χ4n) is 3.28. The van der Waals surface area contributed by atoms with Gasteiger partial charge in [0.05, 0.1) is 17.1 Å². The maximum atomic E-state index is 12.9. The highest BCUT2D eigenvalue weighted by Crippen LogP contribution is 2.32. The number of para-hydroxylation sites is 1. The highest BCUT2D eigenvalue weighted by molar-refractivity contribution is 6.05. The molecule has 2 aromatic carbocycles. The lowest BCUT2D eigenvalue weighted by atomic mass is 10.1. The second-order valence-corrected chi connectivity index (χ2v) is 6.64. The van der Waals surface area contributed by atoms with Gasteiger partial charge >= 0.3 is 0 Å². The van der Waals surface area contributed by atoms with Crippen LogP contribution in [0.3, 0.4) is 0 Å². The van der Waals surface area contributed by atoms with Crippen LogP contribution in [0, 0.1) is 6.92 Å². The topological polar surface area (TPSA) is 80.4 Å². The molecule has 0 aliphatic carbocycles. The van der Waals surface area contributed by atoms with Gasteiger partial charge in [0.25, 0.3) is 5.91 Å². The van der Waals surface area contributed by atoms with E-state index in [1.165, 1.54) is 6.07 Å². The molecule has 0 bridgehead atoms. The van der Waals surface area contributed by atoms with Gasteiger partial charge in [0.2, 0.25) is 0 Å². The summed E-state index contributed by atoms with van der Waals surface area (Å²) in [5.41, 5.74) is 2.52. The first-order chi connectivity index (χ1) is 13.0. The summed E-state index contributed by atoms with van der Waals surface area (Å²) < 4.78 is 11.1. The number of hydrogen-bond acceptors (Lipinski definition) is 4. The predicted octanol–water partition coefficient (Wildman–Crippen LogP) is 3.10. The first kappa shape index (κ1) is 17.1. The zero-order chi connectivity index (χ0) is 19.0. The Balaban J connectivity index is 1.63. The Morgan fingerprint density at radius 1 is 1.11 bits per heavy atom. The van der Waals surface area contributed by atoms with Gasteiger partial charge < -0.3 is 19.8 Å². The summed E-state index contributed by atoms with van der Waals surface area (Å²) in [7, 11) is 0. The van der Waals surface area contributed by atoms with Crippen LogP contribution in [-0.4, -0.2) is 24.1 Å². The van der Waals surface area contributed by atoms with Crippen LogP contribution in [0.5, 0.6) is 11.5 Å². The van der Waals surface area contributed by atoms with Gasteiger partial charge in [-0.05, 0) is 43.7 Å². The van der Waals surface area contributed by atoms with Crippen LogP contribution in [0.25, 0.3) is 10.9 Å². The molecule has 1 aliphatic rings. The van der Waals surface area contributed by atoms with Crippen LogP contribution in [-0.2, 0) is 0 Å². The third-order valence-corrected chi connectivity index (χ3v) is 4.66. The molecule has 138 valence electrons. The third-order valence-electron chi connectivity index (χ3n) is 4.66. The van der Waals surface area contributed by atoms with Crippen LogP contribution in [0.2, 0.25) is 0 Å². The van der Waals surface area contributed by atoms with Crippen LogP contribution in [0.1, 0.15) is 34.6 Å². The second kappa shape index (κ2) is 6.79. The summed E-state index contributed by atoms with van der Waals surface area (Å²) in [4.78, 5) is 28.2. The lowest BCUT2D eigenvalue weighted by molar-refractivity contribution is 0.0941. The summed E-state index contributed by atoms with van der Waals surface area (Å²) in [6.45, 7) is 4.76. The van der Waals surface area contributed by atoms with E-state index in [1.807, 2.05) is 25.1 Å². The number of hydrogen-bond donors (Lipinski definition) is 2. The van der Waals surface area contributed by atoms with E-state index >= 15 is 0 Å². The SMILES string of the molecule is Cc1cc(=O)c2cccc(C(=O)NC(C)c3ccc4c(c3)OCCO4)c2[nH]1. The largest absolute Gasteiger partial charge is 0.486 e. The van der Waals surface area contributed by atoms with Crippen molar-refractivity contribution in [3.63, 3.8) is 0 Å². The standard InChI is InChI=1S/C21H20N2O4/c1-12-10-17(24)15-4-3-5-16(20(15)22-12)21(25)23-13(2)14-6-7-18-19(11-14)27-9-8-26-18/h3-7,10-11,13H,8-9H2,1-2H3,(H,22,24)(H,23,25). The Kier molecular flexibility index (Phi) is 4.32. The quantitative estimate of drug-likeness (QED) is 0.748. The van der Waals surface area contributed by atoms with Gasteiger partial charge in [0, 0.05) is 17.1 Å². The molecule has 6 heteroatoms. The van der Waals surface area contributed by atoms with E-state index in [0.29, 0.717) is 46.9 Å². The molecule has 1 aromatic heterocycles. The molecular formula is C21H20N2O4. The molecule has 0 saturated heterocycles. The Morgan fingerprint density at radius 2 is 1.89 bits per heavy atom. The van der Waals surface area contributed by atoms with E-state index in [1.54, 1.807) is 25.1 Å². The van der Waals surface area contributed by atoms with Crippen molar-refractivity contribution in [1.29, 1.82) is 0 Å². The molecule has 0 saturated carbocycles. The molecule has 3 aromatic rings. The van der Waals surface area contributed by atoms with Crippen molar-refractivity contribution in [2.45, 2.75) is 19.9 Å². The van der Waals surface area contributed by atoms with Crippen molar-refractivity contribution < 1.29 is 14.3 Å². The maximum Gasteiger partial charge on any atom is 0.253 e. The van der Waals surface area contributed by atoms with Crippen molar-refractivity contribution in [1.82, 2.24) is 10.3 Å². The third kappa shape index (κ3) is 3.26. The number of pyridine rings is 1. The van der Waals surface area contributed by atoms with Crippen molar-refractivity contribution in [2.75, 3.05) is 13.2 Å². The number of carbonyl (C=O) groups is 1. The van der Waals surface area contributed by atoms with Crippen LogP contribution < -0.4 is 20.2 Å². The summed E-state index contributed by atoms with van der Waals surface area (Å²) in [5.74, 6) is 1.15. The van der Waals surface area contributed by atoms with Crippen molar-refractivity contribution in [3.05, 3.63) is 69.5 Å². The fourth-order valence-corrected chi connectivity index (χ4v) is 3.28. The highest BCUT2D eigenvalue weighted by Gasteiger charge is 2.18. The number of benzene rings is 2. The first-order valence-electron chi connectivity index (χ1n) is 8.86. The Labute approximate surface area is 156 Å². The van der Waals surface area contributed by atoms with Gasteiger partial charge in [-0.1, -0.05) is 12.1 Å². The van der Waals surface area contributed by atoms with Crippen LogP contribution >= 0.6 is 0 Å². The van der Waals surface area contributed by atoms with E-state index in [2.05, 4.69) is 10.3 Å². The average molecular weight is 364 g/mol. The smallest absolute Gasteiger partial charge is 0.253 e. The normalized spacial score (nSPS) is 14.0. The Hall–Kier alpha value is -3.28. The molecule has 1 aliphatic heterocycles. The summed E-state index contributed by atoms with van der Waals surface area (Å²) in [5, 5.41) is 3.49. The molecule has 1 amide bonds. The number of H-pyrrole nitrogens is 1. The van der Waals surface area contributed by atoms with Crippen LogP contribution in [0.4, 0.5) is 0 Å². The summed E-state index contributed by atoms with van der Waals surface area (Å²) >= 11 is 0. The molecule has 4 rings (SSSR count). The molecule has 1 unspecified atom stereocenters. The monoisotopic (exact) mass is 364 g/mol. The first-order valence-corrected chi connectivity index (χ1v) is 8.86. The number of nitrogens with one attached hydrogen (secondary N) is 2. The number of aryl methyl sites for hydroxylation is 1. The lowest BCUT2D eigenvalue weighted by Crippen LogP contribution is -2.27. The number of rotatable bonds is 3. The number of aromatic nitrogens is 1. The van der Waals surface area contributed by atoms with E-state index in [-0.39, 0.29) is 17.4 Å². The van der Waals surface area contributed by atoms with Crippen molar-refractivity contribution >= 4 is 16.8 Å². The van der Waals surface area contributed by atoms with Gasteiger partial charge in [-0.15, -0.1) is 0 Å². The second-order valence-electron chi connectivity index (χ2n) is 6.64. The molecular weight excluding hydrogens is 344 g/mol. The van der Waals surface area contributed by atoms with E-state index in [0.717, 1.165) is 5.56 Å².